The van der Waals surface area contributed by atoms with Crippen molar-refractivity contribution in [2.45, 2.75) is 36.5 Å². The summed E-state index contributed by atoms with van der Waals surface area (Å²) in [6.07, 6.45) is -4.15. The number of hydrogen-bond donors (Lipinski definition) is 5. The predicted octanol–water partition coefficient (Wildman–Crippen LogP) is -3.51. The molecule has 0 unspecified atom stereocenters. The zero-order valence-electron chi connectivity index (χ0n) is 7.56. The molecule has 82 valence electrons. The van der Waals surface area contributed by atoms with Crippen LogP contribution < -0.4 is 0 Å². The number of hydrogen-bond acceptors (Lipinski definition) is 6. The third-order valence-electron chi connectivity index (χ3n) is 3.23. The molecular weight excluding hydrogens is 190 g/mol. The first kappa shape index (κ1) is 10.3. The molecule has 2 heterocycles. The van der Waals surface area contributed by atoms with E-state index in [9.17, 15) is 20.4 Å². The lowest BCUT2D eigenvalue weighted by molar-refractivity contribution is -0.0268. The highest BCUT2D eigenvalue weighted by Gasteiger charge is 2.56. The molecule has 0 spiro atoms. The molecule has 6 atom stereocenters. The Morgan fingerprint density at radius 1 is 1.00 bits per heavy atom. The van der Waals surface area contributed by atoms with Crippen molar-refractivity contribution >= 4 is 0 Å². The number of rotatable bonds is 1. The van der Waals surface area contributed by atoms with Gasteiger partial charge in [0.25, 0.3) is 0 Å². The molecule has 2 saturated heterocycles. The fourth-order valence-electron chi connectivity index (χ4n) is 2.46. The molecule has 14 heavy (non-hydrogen) atoms. The second kappa shape index (κ2) is 3.41. The zero-order chi connectivity index (χ0) is 10.5. The Labute approximate surface area is 81.0 Å². The molecule has 5 N–H and O–H groups in total. The van der Waals surface area contributed by atoms with Crippen LogP contribution in [-0.4, -0.2) is 80.1 Å². The molecule has 0 aromatic rings. The number of aliphatic hydroxyl groups is 5. The number of nitrogens with zero attached hydrogens (tertiary/aromatic N) is 1. The smallest absolute Gasteiger partial charge is 0.0996 e. The molecule has 0 aromatic heterocycles. The van der Waals surface area contributed by atoms with Crippen LogP contribution in [0.15, 0.2) is 0 Å². The molecule has 2 aliphatic rings. The predicted molar refractivity (Wildman–Crippen MR) is 45.4 cm³/mol. The van der Waals surface area contributed by atoms with Crippen LogP contribution in [0.25, 0.3) is 0 Å². The van der Waals surface area contributed by atoms with E-state index in [0.29, 0.717) is 0 Å². The highest BCUT2D eigenvalue weighted by atomic mass is 16.4. The first-order chi connectivity index (χ1) is 6.57. The quantitative estimate of drug-likeness (QED) is 0.304. The lowest BCUT2D eigenvalue weighted by Crippen LogP contribution is -2.41. The summed E-state index contributed by atoms with van der Waals surface area (Å²) in [5, 5.41) is 47.0. The van der Waals surface area contributed by atoms with E-state index >= 15 is 0 Å². The number of aliphatic hydroxyl groups excluding tert-OH is 5. The van der Waals surface area contributed by atoms with Crippen LogP contribution in [0.4, 0.5) is 0 Å². The molecule has 0 amide bonds. The van der Waals surface area contributed by atoms with E-state index in [1.807, 2.05) is 0 Å². The maximum atomic E-state index is 9.58. The maximum absolute atomic E-state index is 9.58. The molecule has 2 rings (SSSR count). The Balaban J connectivity index is 2.21. The van der Waals surface area contributed by atoms with E-state index in [1.165, 1.54) is 0 Å². The van der Waals surface area contributed by atoms with Crippen molar-refractivity contribution < 1.29 is 25.5 Å². The third kappa shape index (κ3) is 1.19. The second-order valence-electron chi connectivity index (χ2n) is 3.98. The van der Waals surface area contributed by atoms with Gasteiger partial charge >= 0.3 is 0 Å². The summed E-state index contributed by atoms with van der Waals surface area (Å²) in [5.74, 6) is 0. The zero-order valence-corrected chi connectivity index (χ0v) is 7.56. The molecule has 0 saturated carbocycles. The van der Waals surface area contributed by atoms with E-state index in [4.69, 9.17) is 5.11 Å². The van der Waals surface area contributed by atoms with Crippen molar-refractivity contribution in [3.8, 4) is 0 Å². The minimum atomic E-state index is -1.11. The van der Waals surface area contributed by atoms with Gasteiger partial charge in [0, 0.05) is 6.54 Å². The Morgan fingerprint density at radius 2 is 1.64 bits per heavy atom. The van der Waals surface area contributed by atoms with Crippen LogP contribution in [0.2, 0.25) is 0 Å². The Kier molecular flexibility index (Phi) is 2.50. The molecule has 0 radical (unpaired) electrons. The SMILES string of the molecule is OC[C@@H]1[C@@H](O)[C@H](O)[C@H]2[C@@H](O)[C@@H](O)CN21. The van der Waals surface area contributed by atoms with E-state index in [0.717, 1.165) is 0 Å². The molecule has 0 bridgehead atoms. The second-order valence-corrected chi connectivity index (χ2v) is 3.98. The van der Waals surface area contributed by atoms with Crippen LogP contribution in [-0.2, 0) is 0 Å². The average Bonchev–Trinajstić information content (AvgIpc) is 2.54. The molecule has 0 aliphatic carbocycles. The van der Waals surface area contributed by atoms with Gasteiger partial charge < -0.3 is 25.5 Å². The maximum Gasteiger partial charge on any atom is 0.0996 e. The van der Waals surface area contributed by atoms with Gasteiger partial charge in [-0.2, -0.15) is 0 Å². The van der Waals surface area contributed by atoms with Crippen LogP contribution >= 0.6 is 0 Å². The third-order valence-corrected chi connectivity index (χ3v) is 3.23. The number of fused-ring (bicyclic) bond motifs is 1. The Hall–Kier alpha value is -0.240. The topological polar surface area (TPSA) is 104 Å². The minimum absolute atomic E-state index is 0.172. The van der Waals surface area contributed by atoms with Crippen LogP contribution in [0, 0.1) is 0 Å². The van der Waals surface area contributed by atoms with Gasteiger partial charge in [0.2, 0.25) is 0 Å². The molecule has 6 heteroatoms. The van der Waals surface area contributed by atoms with Crippen molar-refractivity contribution in [2.75, 3.05) is 13.2 Å². The molecule has 0 aromatic carbocycles. The summed E-state index contributed by atoms with van der Waals surface area (Å²) >= 11 is 0. The molecule has 6 nitrogen and oxygen atoms in total. The average molecular weight is 205 g/mol. The fourth-order valence-corrected chi connectivity index (χ4v) is 2.46. The summed E-state index contributed by atoms with van der Waals surface area (Å²) in [7, 11) is 0. The summed E-state index contributed by atoms with van der Waals surface area (Å²) in [4.78, 5) is 1.56. The molecule has 2 aliphatic heterocycles. The molecule has 2 fully saturated rings. The normalized spacial score (nSPS) is 53.8. The van der Waals surface area contributed by atoms with Crippen molar-refractivity contribution in [2.24, 2.45) is 0 Å². The summed E-state index contributed by atoms with van der Waals surface area (Å²) in [6, 6.07) is -1.26. The molecular formula is C8H15NO5. The first-order valence-corrected chi connectivity index (χ1v) is 4.66. The van der Waals surface area contributed by atoms with Gasteiger partial charge in [-0.1, -0.05) is 0 Å². The van der Waals surface area contributed by atoms with E-state index in [2.05, 4.69) is 0 Å². The van der Waals surface area contributed by atoms with Gasteiger partial charge in [-0.25, -0.2) is 0 Å². The van der Waals surface area contributed by atoms with Crippen molar-refractivity contribution in [1.82, 2.24) is 4.90 Å². The van der Waals surface area contributed by atoms with Gasteiger partial charge in [0.15, 0.2) is 0 Å². The highest BCUT2D eigenvalue weighted by molar-refractivity contribution is 5.09. The van der Waals surface area contributed by atoms with Gasteiger partial charge in [0.05, 0.1) is 43.1 Å². The summed E-state index contributed by atoms with van der Waals surface area (Å²) < 4.78 is 0. The summed E-state index contributed by atoms with van der Waals surface area (Å²) in [5.41, 5.74) is 0. The van der Waals surface area contributed by atoms with Crippen molar-refractivity contribution in [3.63, 3.8) is 0 Å². The van der Waals surface area contributed by atoms with Gasteiger partial charge in [-0.15, -0.1) is 0 Å². The lowest BCUT2D eigenvalue weighted by atomic mass is 10.0. The van der Waals surface area contributed by atoms with Gasteiger partial charge in [-0.05, 0) is 0 Å². The largest absolute Gasteiger partial charge is 0.395 e. The Bertz CT molecular complexity index is 226. The first-order valence-electron chi connectivity index (χ1n) is 4.66. The summed E-state index contributed by atoms with van der Waals surface area (Å²) in [6.45, 7) is -0.126. The van der Waals surface area contributed by atoms with E-state index in [-0.39, 0.29) is 13.2 Å². The van der Waals surface area contributed by atoms with E-state index < -0.39 is 36.5 Å². The Morgan fingerprint density at radius 3 is 2.21 bits per heavy atom. The van der Waals surface area contributed by atoms with Gasteiger partial charge in [0.1, 0.15) is 0 Å². The van der Waals surface area contributed by atoms with Crippen LogP contribution in [0.3, 0.4) is 0 Å². The lowest BCUT2D eigenvalue weighted by Gasteiger charge is -2.22. The standard InChI is InChI=1S/C8H15NO5/c10-2-3-6(12)8(14)5-7(13)4(11)1-9(3)5/h3-8,10-14H,1-2H2/t3-,4+,5-,6-,7+,8-/m1/s1. The van der Waals surface area contributed by atoms with Gasteiger partial charge in [-0.3, -0.25) is 4.90 Å². The highest BCUT2D eigenvalue weighted by Crippen LogP contribution is 2.33. The van der Waals surface area contributed by atoms with Crippen LogP contribution in [0.5, 0.6) is 0 Å². The fraction of sp³-hybridized carbons (Fsp3) is 1.00. The monoisotopic (exact) mass is 205 g/mol. The van der Waals surface area contributed by atoms with Crippen molar-refractivity contribution in [1.29, 1.82) is 0 Å². The van der Waals surface area contributed by atoms with Crippen molar-refractivity contribution in [3.05, 3.63) is 0 Å². The van der Waals surface area contributed by atoms with Crippen LogP contribution in [0.1, 0.15) is 0 Å². The van der Waals surface area contributed by atoms with E-state index in [1.54, 1.807) is 4.90 Å². The minimum Gasteiger partial charge on any atom is -0.395 e.